The Morgan fingerprint density at radius 3 is 3.05 bits per heavy atom. The Kier molecular flexibility index (Phi) is 5.01. The van der Waals surface area contributed by atoms with Gasteiger partial charge in [-0.15, -0.1) is 0 Å². The van der Waals surface area contributed by atoms with Crippen LogP contribution in [0.4, 0.5) is 5.69 Å². The number of nitrogens with zero attached hydrogens (tertiary/aromatic N) is 1. The van der Waals surface area contributed by atoms with Crippen molar-refractivity contribution in [2.75, 3.05) is 25.1 Å². The Bertz CT molecular complexity index is 473. The van der Waals surface area contributed by atoms with Crippen molar-refractivity contribution in [2.24, 2.45) is 0 Å². The lowest BCUT2D eigenvalue weighted by Gasteiger charge is -2.14. The first kappa shape index (κ1) is 14.9. The molecule has 1 aliphatic heterocycles. The van der Waals surface area contributed by atoms with E-state index in [4.69, 9.17) is 4.74 Å². The van der Waals surface area contributed by atoms with E-state index >= 15 is 0 Å². The second-order valence-corrected chi connectivity index (χ2v) is 5.33. The Labute approximate surface area is 120 Å². The van der Waals surface area contributed by atoms with E-state index in [9.17, 15) is 9.90 Å². The molecule has 0 fully saturated rings. The summed E-state index contributed by atoms with van der Waals surface area (Å²) in [5.41, 5.74) is 3.41. The van der Waals surface area contributed by atoms with Gasteiger partial charge in [0.2, 0.25) is 0 Å². The van der Waals surface area contributed by atoms with E-state index in [2.05, 4.69) is 24.1 Å². The van der Waals surface area contributed by atoms with E-state index < -0.39 is 6.10 Å². The molecule has 0 saturated heterocycles. The third-order valence-corrected chi connectivity index (χ3v) is 3.71. The van der Waals surface area contributed by atoms with Crippen LogP contribution < -0.4 is 4.90 Å². The number of fused-ring (bicyclic) bond motifs is 1. The number of hydrogen-bond donors (Lipinski definition) is 1. The number of anilines is 1. The summed E-state index contributed by atoms with van der Waals surface area (Å²) >= 11 is 0. The van der Waals surface area contributed by atoms with Crippen molar-refractivity contribution in [3.63, 3.8) is 0 Å². The maximum atomic E-state index is 11.4. The number of rotatable bonds is 6. The molecule has 1 atom stereocenters. The predicted octanol–water partition coefficient (Wildman–Crippen LogP) is 2.45. The molecular formula is C16H23NO3. The summed E-state index contributed by atoms with van der Waals surface area (Å²) in [4.78, 5) is 13.6. The zero-order valence-corrected chi connectivity index (χ0v) is 12.3. The molecule has 1 aliphatic rings. The molecule has 1 aromatic carbocycles. The molecule has 4 nitrogen and oxygen atoms in total. The first-order valence-corrected chi connectivity index (χ1v) is 7.29. The number of aliphatic hydroxyl groups is 1. The number of hydrogen-bond acceptors (Lipinski definition) is 4. The van der Waals surface area contributed by atoms with E-state index in [0.29, 0.717) is 13.0 Å². The van der Waals surface area contributed by atoms with E-state index in [1.54, 1.807) is 0 Å². The third kappa shape index (κ3) is 3.51. The van der Waals surface area contributed by atoms with Gasteiger partial charge in [0.05, 0.1) is 12.7 Å². The van der Waals surface area contributed by atoms with Crippen molar-refractivity contribution in [2.45, 2.75) is 38.7 Å². The van der Waals surface area contributed by atoms with Gasteiger partial charge in [-0.25, -0.2) is 0 Å². The number of aliphatic hydroxyl groups excluding tert-OH is 1. The summed E-state index contributed by atoms with van der Waals surface area (Å²) in [6.07, 6.45) is 1.92. The third-order valence-electron chi connectivity index (χ3n) is 3.71. The molecule has 0 radical (unpaired) electrons. The zero-order valence-electron chi connectivity index (χ0n) is 12.3. The Morgan fingerprint density at radius 1 is 1.50 bits per heavy atom. The van der Waals surface area contributed by atoms with Crippen LogP contribution >= 0.6 is 0 Å². The molecule has 0 aromatic heterocycles. The van der Waals surface area contributed by atoms with Crippen LogP contribution in [0, 0.1) is 0 Å². The fraction of sp³-hybridized carbons (Fsp3) is 0.562. The first-order chi connectivity index (χ1) is 9.61. The number of esters is 1. The van der Waals surface area contributed by atoms with Crippen LogP contribution in [0.25, 0.3) is 0 Å². The van der Waals surface area contributed by atoms with Gasteiger partial charge in [0, 0.05) is 25.7 Å². The highest BCUT2D eigenvalue weighted by Crippen LogP contribution is 2.30. The molecule has 0 saturated carbocycles. The van der Waals surface area contributed by atoms with Gasteiger partial charge >= 0.3 is 5.97 Å². The van der Waals surface area contributed by atoms with Gasteiger partial charge in [-0.1, -0.05) is 19.1 Å². The number of ether oxygens (including phenoxy) is 1. The monoisotopic (exact) mass is 277 g/mol. The van der Waals surface area contributed by atoms with Crippen LogP contribution in [0.2, 0.25) is 0 Å². The second-order valence-electron chi connectivity index (χ2n) is 5.33. The topological polar surface area (TPSA) is 49.8 Å². The lowest BCUT2D eigenvalue weighted by Crippen LogP contribution is -2.12. The standard InChI is InChI=1S/C16H23NO3/c1-3-10-20-16(19)7-6-15(18)13-4-5-14-12(11-13)8-9-17(14)2/h4-5,11,15,18H,3,6-10H2,1-2H3. The maximum absolute atomic E-state index is 11.4. The molecule has 1 unspecified atom stereocenters. The van der Waals surface area contributed by atoms with Crippen molar-refractivity contribution in [1.82, 2.24) is 0 Å². The Hall–Kier alpha value is -1.55. The van der Waals surface area contributed by atoms with Crippen LogP contribution in [0.5, 0.6) is 0 Å². The first-order valence-electron chi connectivity index (χ1n) is 7.29. The molecule has 0 bridgehead atoms. The highest BCUT2D eigenvalue weighted by atomic mass is 16.5. The van der Waals surface area contributed by atoms with Crippen LogP contribution in [0.15, 0.2) is 18.2 Å². The van der Waals surface area contributed by atoms with Gasteiger partial charge in [-0.2, -0.15) is 0 Å². The summed E-state index contributed by atoms with van der Waals surface area (Å²) in [6, 6.07) is 6.06. The van der Waals surface area contributed by atoms with Crippen LogP contribution in [0.1, 0.15) is 43.4 Å². The van der Waals surface area contributed by atoms with Crippen LogP contribution in [0.3, 0.4) is 0 Å². The van der Waals surface area contributed by atoms with E-state index in [1.807, 2.05) is 13.0 Å². The van der Waals surface area contributed by atoms with Crippen LogP contribution in [-0.4, -0.2) is 31.3 Å². The minimum atomic E-state index is -0.597. The van der Waals surface area contributed by atoms with Gasteiger partial charge in [0.1, 0.15) is 0 Å². The van der Waals surface area contributed by atoms with Crippen molar-refractivity contribution < 1.29 is 14.6 Å². The quantitative estimate of drug-likeness (QED) is 0.811. The predicted molar refractivity (Wildman–Crippen MR) is 78.9 cm³/mol. The Morgan fingerprint density at radius 2 is 2.30 bits per heavy atom. The number of carbonyl (C=O) groups is 1. The molecule has 0 spiro atoms. The van der Waals surface area contributed by atoms with Crippen molar-refractivity contribution in [1.29, 1.82) is 0 Å². The van der Waals surface area contributed by atoms with Gasteiger partial charge in [-0.3, -0.25) is 4.79 Å². The average molecular weight is 277 g/mol. The number of likely N-dealkylation sites (N-methyl/N-ethyl adjacent to an activating group) is 1. The molecule has 20 heavy (non-hydrogen) atoms. The minimum Gasteiger partial charge on any atom is -0.466 e. The molecular weight excluding hydrogens is 254 g/mol. The molecule has 1 heterocycles. The van der Waals surface area contributed by atoms with E-state index in [-0.39, 0.29) is 12.4 Å². The van der Waals surface area contributed by atoms with Gasteiger partial charge in [0.15, 0.2) is 0 Å². The van der Waals surface area contributed by atoms with Crippen LogP contribution in [-0.2, 0) is 16.0 Å². The highest BCUT2D eigenvalue weighted by Gasteiger charge is 2.18. The second kappa shape index (κ2) is 6.75. The van der Waals surface area contributed by atoms with Crippen molar-refractivity contribution in [3.05, 3.63) is 29.3 Å². The molecule has 110 valence electrons. The zero-order chi connectivity index (χ0) is 14.5. The summed E-state index contributed by atoms with van der Waals surface area (Å²) in [5, 5.41) is 10.2. The maximum Gasteiger partial charge on any atom is 0.305 e. The molecule has 0 amide bonds. The molecule has 4 heteroatoms. The van der Waals surface area contributed by atoms with Crippen molar-refractivity contribution >= 4 is 11.7 Å². The van der Waals surface area contributed by atoms with Crippen molar-refractivity contribution in [3.8, 4) is 0 Å². The summed E-state index contributed by atoms with van der Waals surface area (Å²) in [7, 11) is 2.08. The largest absolute Gasteiger partial charge is 0.466 e. The molecule has 2 rings (SSSR count). The van der Waals surface area contributed by atoms with E-state index in [1.165, 1.54) is 11.3 Å². The van der Waals surface area contributed by atoms with Gasteiger partial charge in [-0.05, 0) is 36.5 Å². The van der Waals surface area contributed by atoms with Gasteiger partial charge < -0.3 is 14.7 Å². The Balaban J connectivity index is 1.90. The molecule has 0 aliphatic carbocycles. The normalized spacial score (nSPS) is 15.1. The highest BCUT2D eigenvalue weighted by molar-refractivity contribution is 5.69. The fourth-order valence-corrected chi connectivity index (χ4v) is 2.50. The number of benzene rings is 1. The lowest BCUT2D eigenvalue weighted by molar-refractivity contribution is -0.144. The lowest BCUT2D eigenvalue weighted by atomic mass is 10.0. The minimum absolute atomic E-state index is 0.230. The summed E-state index contributed by atoms with van der Waals surface area (Å²) < 4.78 is 5.01. The summed E-state index contributed by atoms with van der Waals surface area (Å²) in [6.45, 7) is 3.45. The molecule has 1 N–H and O–H groups in total. The SMILES string of the molecule is CCCOC(=O)CCC(O)c1ccc2c(c1)CCN2C. The van der Waals surface area contributed by atoms with Gasteiger partial charge in [0.25, 0.3) is 0 Å². The molecule has 1 aromatic rings. The fourth-order valence-electron chi connectivity index (χ4n) is 2.50. The summed E-state index contributed by atoms with van der Waals surface area (Å²) in [5.74, 6) is -0.230. The number of carbonyl (C=O) groups excluding carboxylic acids is 1. The smallest absolute Gasteiger partial charge is 0.305 e. The average Bonchev–Trinajstić information content (AvgIpc) is 2.83. The van der Waals surface area contributed by atoms with E-state index in [0.717, 1.165) is 24.9 Å².